The Labute approximate surface area is 70.0 Å². The maximum atomic E-state index is 2.30. The summed E-state index contributed by atoms with van der Waals surface area (Å²) in [4.78, 5) is 0. The Morgan fingerprint density at radius 1 is 1.27 bits per heavy atom. The van der Waals surface area contributed by atoms with Crippen LogP contribution in [0.1, 0.15) is 40.0 Å². The third-order valence-electron chi connectivity index (χ3n) is 2.11. The van der Waals surface area contributed by atoms with Gasteiger partial charge >= 0.3 is 0 Å². The maximum Gasteiger partial charge on any atom is -0.0280 e. The van der Waals surface area contributed by atoms with Crippen molar-refractivity contribution in [2.45, 2.75) is 40.0 Å². The van der Waals surface area contributed by atoms with Crippen molar-refractivity contribution in [3.63, 3.8) is 0 Å². The summed E-state index contributed by atoms with van der Waals surface area (Å²) >= 11 is 0. The van der Waals surface area contributed by atoms with Crippen LogP contribution in [0.25, 0.3) is 0 Å². The first-order valence-corrected chi connectivity index (χ1v) is 4.53. The van der Waals surface area contributed by atoms with Crippen LogP contribution in [-0.2, 0) is 0 Å². The normalized spacial score (nSPS) is 18.2. The zero-order valence-electron chi connectivity index (χ0n) is 7.85. The van der Waals surface area contributed by atoms with Crippen LogP contribution in [0.5, 0.6) is 0 Å². The molecule has 0 heterocycles. The van der Waals surface area contributed by atoms with Gasteiger partial charge in [-0.05, 0) is 32.1 Å². The lowest BCUT2D eigenvalue weighted by Crippen LogP contribution is -1.95. The van der Waals surface area contributed by atoms with E-state index in [9.17, 15) is 0 Å². The summed E-state index contributed by atoms with van der Waals surface area (Å²) < 4.78 is 0. The van der Waals surface area contributed by atoms with Crippen molar-refractivity contribution < 1.29 is 0 Å². The second-order valence-electron chi connectivity index (χ2n) is 3.94. The van der Waals surface area contributed by atoms with Crippen LogP contribution in [0, 0.1) is 5.92 Å². The minimum atomic E-state index is 0.813. The molecule has 1 aliphatic carbocycles. The Morgan fingerprint density at radius 2 is 2.00 bits per heavy atom. The van der Waals surface area contributed by atoms with Crippen LogP contribution < -0.4 is 0 Å². The van der Waals surface area contributed by atoms with Crippen LogP contribution in [0.2, 0.25) is 0 Å². The van der Waals surface area contributed by atoms with Gasteiger partial charge in [0, 0.05) is 0 Å². The highest BCUT2D eigenvalue weighted by Gasteiger charge is 2.04. The minimum Gasteiger partial charge on any atom is -0.0730 e. The van der Waals surface area contributed by atoms with Gasteiger partial charge in [-0.2, -0.15) is 0 Å². The van der Waals surface area contributed by atoms with Gasteiger partial charge in [0.15, 0.2) is 0 Å². The van der Waals surface area contributed by atoms with Gasteiger partial charge < -0.3 is 0 Å². The van der Waals surface area contributed by atoms with E-state index < -0.39 is 0 Å². The highest BCUT2D eigenvalue weighted by atomic mass is 14.1. The molecule has 1 rings (SSSR count). The van der Waals surface area contributed by atoms with E-state index in [1.807, 2.05) is 0 Å². The van der Waals surface area contributed by atoms with Crippen molar-refractivity contribution in [2.75, 3.05) is 0 Å². The number of hydrogen-bond donors (Lipinski definition) is 0. The molecule has 0 fully saturated rings. The quantitative estimate of drug-likeness (QED) is 0.563. The van der Waals surface area contributed by atoms with Gasteiger partial charge in [-0.3, -0.25) is 0 Å². The van der Waals surface area contributed by atoms with E-state index in [1.165, 1.54) is 24.8 Å². The van der Waals surface area contributed by atoms with Crippen LogP contribution in [0.3, 0.4) is 0 Å². The van der Waals surface area contributed by atoms with E-state index in [-0.39, 0.29) is 0 Å². The van der Waals surface area contributed by atoms with Crippen molar-refractivity contribution in [3.05, 3.63) is 23.3 Å². The van der Waals surface area contributed by atoms with Crippen LogP contribution in [-0.4, -0.2) is 0 Å². The average molecular weight is 150 g/mol. The van der Waals surface area contributed by atoms with E-state index in [2.05, 4.69) is 32.9 Å². The monoisotopic (exact) mass is 150 g/mol. The summed E-state index contributed by atoms with van der Waals surface area (Å²) in [6.07, 6.45) is 8.42. The molecule has 0 heteroatoms. The van der Waals surface area contributed by atoms with Gasteiger partial charge in [-0.15, -0.1) is 0 Å². The molecular formula is C11H18. The standard InChI is InChI=1S/C11H18/c1-9(2)8-11-6-4-10(3)5-7-11/h4,6,9H,5,7-8H2,1-3H3. The Hall–Kier alpha value is -0.520. The lowest BCUT2D eigenvalue weighted by atomic mass is 9.93. The Kier molecular flexibility index (Phi) is 2.92. The molecule has 11 heavy (non-hydrogen) atoms. The van der Waals surface area contributed by atoms with Crippen molar-refractivity contribution in [1.82, 2.24) is 0 Å². The minimum absolute atomic E-state index is 0.813. The summed E-state index contributed by atoms with van der Waals surface area (Å²) in [6.45, 7) is 6.78. The molecule has 0 aromatic heterocycles. The highest BCUT2D eigenvalue weighted by Crippen LogP contribution is 2.22. The zero-order chi connectivity index (χ0) is 8.27. The lowest BCUT2D eigenvalue weighted by Gasteiger charge is -2.13. The van der Waals surface area contributed by atoms with E-state index in [4.69, 9.17) is 0 Å². The Bertz CT molecular complexity index is 182. The molecule has 1 aliphatic rings. The third kappa shape index (κ3) is 2.92. The fourth-order valence-corrected chi connectivity index (χ4v) is 1.48. The first-order chi connectivity index (χ1) is 5.18. The first kappa shape index (κ1) is 8.58. The number of hydrogen-bond acceptors (Lipinski definition) is 0. The fourth-order valence-electron chi connectivity index (χ4n) is 1.48. The van der Waals surface area contributed by atoms with Crippen molar-refractivity contribution in [2.24, 2.45) is 5.92 Å². The molecule has 0 atom stereocenters. The van der Waals surface area contributed by atoms with E-state index in [0.29, 0.717) is 0 Å². The predicted octanol–water partition coefficient (Wildman–Crippen LogP) is 3.70. The Balaban J connectivity index is 2.48. The molecular weight excluding hydrogens is 132 g/mol. The van der Waals surface area contributed by atoms with E-state index in [1.54, 1.807) is 5.57 Å². The van der Waals surface area contributed by atoms with Crippen molar-refractivity contribution >= 4 is 0 Å². The molecule has 0 spiro atoms. The van der Waals surface area contributed by atoms with Gasteiger partial charge in [0.2, 0.25) is 0 Å². The zero-order valence-corrected chi connectivity index (χ0v) is 7.85. The molecule has 0 bridgehead atoms. The number of rotatable bonds is 2. The second kappa shape index (κ2) is 3.75. The molecule has 0 aromatic carbocycles. The molecule has 0 saturated carbocycles. The molecule has 0 unspecified atom stereocenters. The topological polar surface area (TPSA) is 0 Å². The van der Waals surface area contributed by atoms with Gasteiger partial charge in [0.1, 0.15) is 0 Å². The molecule has 0 saturated heterocycles. The number of allylic oxidation sites excluding steroid dienone is 4. The van der Waals surface area contributed by atoms with Gasteiger partial charge in [0.25, 0.3) is 0 Å². The van der Waals surface area contributed by atoms with E-state index in [0.717, 1.165) is 5.92 Å². The van der Waals surface area contributed by atoms with Gasteiger partial charge in [0.05, 0.1) is 0 Å². The molecule has 0 aromatic rings. The SMILES string of the molecule is CC1=CC=C(CC(C)C)CC1. The third-order valence-corrected chi connectivity index (χ3v) is 2.11. The van der Waals surface area contributed by atoms with Crippen molar-refractivity contribution in [1.29, 1.82) is 0 Å². The summed E-state index contributed by atoms with van der Waals surface area (Å²) in [5, 5.41) is 0. The van der Waals surface area contributed by atoms with Crippen LogP contribution >= 0.6 is 0 Å². The lowest BCUT2D eigenvalue weighted by molar-refractivity contribution is 0.621. The molecule has 0 radical (unpaired) electrons. The van der Waals surface area contributed by atoms with Gasteiger partial charge in [-0.25, -0.2) is 0 Å². The highest BCUT2D eigenvalue weighted by molar-refractivity contribution is 5.22. The molecule has 0 aliphatic heterocycles. The smallest absolute Gasteiger partial charge is 0.0280 e. The Morgan fingerprint density at radius 3 is 2.45 bits per heavy atom. The van der Waals surface area contributed by atoms with Crippen LogP contribution in [0.15, 0.2) is 23.3 Å². The van der Waals surface area contributed by atoms with E-state index >= 15 is 0 Å². The first-order valence-electron chi connectivity index (χ1n) is 4.53. The molecule has 0 amide bonds. The summed E-state index contributed by atoms with van der Waals surface area (Å²) in [7, 11) is 0. The van der Waals surface area contributed by atoms with Crippen molar-refractivity contribution in [3.8, 4) is 0 Å². The largest absolute Gasteiger partial charge is 0.0730 e. The summed E-state index contributed by atoms with van der Waals surface area (Å²) in [6, 6.07) is 0. The molecule has 62 valence electrons. The molecule has 0 nitrogen and oxygen atoms in total. The summed E-state index contributed by atoms with van der Waals surface area (Å²) in [5.74, 6) is 0.813. The van der Waals surface area contributed by atoms with Crippen LogP contribution in [0.4, 0.5) is 0 Å². The summed E-state index contributed by atoms with van der Waals surface area (Å²) in [5.41, 5.74) is 3.16. The fraction of sp³-hybridized carbons (Fsp3) is 0.636. The maximum absolute atomic E-state index is 2.30. The second-order valence-corrected chi connectivity index (χ2v) is 3.94. The average Bonchev–Trinajstić information content (AvgIpc) is 1.93. The van der Waals surface area contributed by atoms with Gasteiger partial charge in [-0.1, -0.05) is 37.1 Å². The molecule has 0 N–H and O–H groups in total. The predicted molar refractivity (Wildman–Crippen MR) is 50.5 cm³/mol.